The number of aromatic amines is 1. The van der Waals surface area contributed by atoms with Gasteiger partial charge in [-0.3, -0.25) is 9.89 Å². The molecule has 1 aliphatic heterocycles. The lowest BCUT2D eigenvalue weighted by atomic mass is 9.95. The molecule has 1 aromatic heterocycles. The number of aromatic nitrogens is 3. The van der Waals surface area contributed by atoms with Gasteiger partial charge in [-0.1, -0.05) is 20.8 Å². The Kier molecular flexibility index (Phi) is 3.45. The first kappa shape index (κ1) is 12.1. The predicted octanol–water partition coefficient (Wildman–Crippen LogP) is 1.49. The first-order valence-corrected chi connectivity index (χ1v) is 6.32. The third-order valence-electron chi connectivity index (χ3n) is 3.51. The summed E-state index contributed by atoms with van der Waals surface area (Å²) in [4.78, 5) is 18.2. The minimum atomic E-state index is -0.0379. The number of aryl methyl sites for hydroxylation is 1. The Morgan fingerprint density at radius 1 is 1.59 bits per heavy atom. The maximum absolute atomic E-state index is 12.1. The number of hydrogen-bond acceptors (Lipinski definition) is 3. The van der Waals surface area contributed by atoms with Gasteiger partial charge in [0, 0.05) is 19.5 Å². The molecule has 0 spiro atoms. The molecule has 5 nitrogen and oxygen atoms in total. The summed E-state index contributed by atoms with van der Waals surface area (Å²) in [5.41, 5.74) is 0. The van der Waals surface area contributed by atoms with Gasteiger partial charge in [0.25, 0.3) is 5.91 Å². The van der Waals surface area contributed by atoms with E-state index in [-0.39, 0.29) is 5.91 Å². The van der Waals surface area contributed by atoms with E-state index >= 15 is 0 Å². The largest absolute Gasteiger partial charge is 0.336 e. The van der Waals surface area contributed by atoms with Crippen LogP contribution in [0.2, 0.25) is 0 Å². The van der Waals surface area contributed by atoms with Crippen molar-refractivity contribution in [3.8, 4) is 0 Å². The number of nitrogens with zero attached hydrogens (tertiary/aromatic N) is 3. The fourth-order valence-electron chi connectivity index (χ4n) is 2.21. The lowest BCUT2D eigenvalue weighted by molar-refractivity contribution is 0.0772. The van der Waals surface area contributed by atoms with Gasteiger partial charge in [-0.25, -0.2) is 4.98 Å². The number of likely N-dealkylation sites (tertiary alicyclic amines) is 1. The van der Waals surface area contributed by atoms with Crippen LogP contribution >= 0.6 is 0 Å². The second-order valence-corrected chi connectivity index (χ2v) is 5.00. The van der Waals surface area contributed by atoms with Crippen molar-refractivity contribution in [2.24, 2.45) is 11.8 Å². The third kappa shape index (κ3) is 2.48. The molecule has 0 aromatic carbocycles. The monoisotopic (exact) mass is 236 g/mol. The zero-order chi connectivity index (χ0) is 12.4. The van der Waals surface area contributed by atoms with Crippen LogP contribution in [0.5, 0.6) is 0 Å². The Morgan fingerprint density at radius 2 is 2.35 bits per heavy atom. The van der Waals surface area contributed by atoms with Crippen LogP contribution in [0.15, 0.2) is 0 Å². The number of nitrogens with one attached hydrogen (secondary N) is 1. The van der Waals surface area contributed by atoms with Crippen molar-refractivity contribution < 1.29 is 4.79 Å². The fraction of sp³-hybridized carbons (Fsp3) is 0.750. The molecule has 2 heterocycles. The van der Waals surface area contributed by atoms with Gasteiger partial charge in [0.15, 0.2) is 0 Å². The van der Waals surface area contributed by atoms with Crippen molar-refractivity contribution in [2.75, 3.05) is 13.1 Å². The molecule has 17 heavy (non-hydrogen) atoms. The van der Waals surface area contributed by atoms with Gasteiger partial charge < -0.3 is 4.90 Å². The SMILES string of the molecule is CCc1nc(C(=O)N2CCC(C(C)C)C2)n[nH]1. The summed E-state index contributed by atoms with van der Waals surface area (Å²) in [5, 5.41) is 6.76. The summed E-state index contributed by atoms with van der Waals surface area (Å²) in [6.45, 7) is 8.07. The van der Waals surface area contributed by atoms with E-state index in [1.54, 1.807) is 0 Å². The molecule has 2 rings (SSSR count). The zero-order valence-corrected chi connectivity index (χ0v) is 10.7. The minimum absolute atomic E-state index is 0.0379. The smallest absolute Gasteiger partial charge is 0.293 e. The molecule has 5 heteroatoms. The highest BCUT2D eigenvalue weighted by Crippen LogP contribution is 2.24. The zero-order valence-electron chi connectivity index (χ0n) is 10.7. The van der Waals surface area contributed by atoms with E-state index in [0.717, 1.165) is 31.8 Å². The number of hydrogen-bond donors (Lipinski definition) is 1. The van der Waals surface area contributed by atoms with Crippen molar-refractivity contribution >= 4 is 5.91 Å². The molecule has 1 fully saturated rings. The van der Waals surface area contributed by atoms with E-state index in [9.17, 15) is 4.79 Å². The molecule has 1 atom stereocenters. The maximum atomic E-state index is 12.1. The van der Waals surface area contributed by atoms with Gasteiger partial charge in [-0.15, -0.1) is 5.10 Å². The Labute approximate surface area is 102 Å². The van der Waals surface area contributed by atoms with Crippen LogP contribution in [-0.4, -0.2) is 39.1 Å². The van der Waals surface area contributed by atoms with Crippen LogP contribution in [0.1, 0.15) is 43.6 Å². The fourth-order valence-corrected chi connectivity index (χ4v) is 2.21. The van der Waals surface area contributed by atoms with Crippen LogP contribution in [0.25, 0.3) is 0 Å². The highest BCUT2D eigenvalue weighted by Gasteiger charge is 2.30. The normalized spacial score (nSPS) is 20.2. The molecule has 1 N–H and O–H groups in total. The van der Waals surface area contributed by atoms with E-state index in [2.05, 4.69) is 29.0 Å². The topological polar surface area (TPSA) is 61.9 Å². The van der Waals surface area contributed by atoms with E-state index in [1.807, 2.05) is 11.8 Å². The molecule has 1 amide bonds. The number of rotatable bonds is 3. The average molecular weight is 236 g/mol. The van der Waals surface area contributed by atoms with Gasteiger partial charge >= 0.3 is 0 Å². The highest BCUT2D eigenvalue weighted by molar-refractivity contribution is 5.90. The molecule has 1 aliphatic rings. The lowest BCUT2D eigenvalue weighted by Crippen LogP contribution is -2.30. The summed E-state index contributed by atoms with van der Waals surface area (Å²) >= 11 is 0. The van der Waals surface area contributed by atoms with Crippen molar-refractivity contribution in [1.82, 2.24) is 20.1 Å². The first-order valence-electron chi connectivity index (χ1n) is 6.32. The number of H-pyrrole nitrogens is 1. The van der Waals surface area contributed by atoms with Gasteiger partial charge in [0.05, 0.1) is 0 Å². The van der Waals surface area contributed by atoms with E-state index < -0.39 is 0 Å². The van der Waals surface area contributed by atoms with Crippen LogP contribution in [0.3, 0.4) is 0 Å². The number of carbonyl (C=O) groups is 1. The van der Waals surface area contributed by atoms with Gasteiger partial charge in [-0.2, -0.15) is 0 Å². The Balaban J connectivity index is 2.01. The van der Waals surface area contributed by atoms with Crippen molar-refractivity contribution in [2.45, 2.75) is 33.6 Å². The van der Waals surface area contributed by atoms with E-state index in [0.29, 0.717) is 17.7 Å². The van der Waals surface area contributed by atoms with Crippen molar-refractivity contribution in [3.05, 3.63) is 11.6 Å². The van der Waals surface area contributed by atoms with Crippen LogP contribution < -0.4 is 0 Å². The van der Waals surface area contributed by atoms with Crippen molar-refractivity contribution in [1.29, 1.82) is 0 Å². The molecular weight excluding hydrogens is 216 g/mol. The maximum Gasteiger partial charge on any atom is 0.293 e. The van der Waals surface area contributed by atoms with Gasteiger partial charge in [0.1, 0.15) is 5.82 Å². The van der Waals surface area contributed by atoms with Crippen LogP contribution in [-0.2, 0) is 6.42 Å². The second-order valence-electron chi connectivity index (χ2n) is 5.00. The van der Waals surface area contributed by atoms with Crippen LogP contribution in [0.4, 0.5) is 0 Å². The van der Waals surface area contributed by atoms with Gasteiger partial charge in [-0.05, 0) is 18.3 Å². The summed E-state index contributed by atoms with van der Waals surface area (Å²) in [6.07, 6.45) is 1.86. The lowest BCUT2D eigenvalue weighted by Gasteiger charge is -2.16. The standard InChI is InChI=1S/C12H20N4O/c1-4-10-13-11(15-14-10)12(17)16-6-5-9(7-16)8(2)3/h8-9H,4-7H2,1-3H3,(H,13,14,15). The quantitative estimate of drug-likeness (QED) is 0.864. The van der Waals surface area contributed by atoms with Gasteiger partial charge in [0.2, 0.25) is 5.82 Å². The molecule has 0 saturated carbocycles. The Hall–Kier alpha value is -1.39. The van der Waals surface area contributed by atoms with E-state index in [4.69, 9.17) is 0 Å². The molecule has 1 unspecified atom stereocenters. The first-order chi connectivity index (χ1) is 8.11. The molecular formula is C12H20N4O. The number of amides is 1. The Bertz CT molecular complexity index is 399. The second kappa shape index (κ2) is 4.85. The number of carbonyl (C=O) groups excluding carboxylic acids is 1. The Morgan fingerprint density at radius 3 is 2.88 bits per heavy atom. The molecule has 1 aromatic rings. The minimum Gasteiger partial charge on any atom is -0.336 e. The summed E-state index contributed by atoms with van der Waals surface area (Å²) in [6, 6.07) is 0. The summed E-state index contributed by atoms with van der Waals surface area (Å²) in [7, 11) is 0. The summed E-state index contributed by atoms with van der Waals surface area (Å²) < 4.78 is 0. The van der Waals surface area contributed by atoms with E-state index in [1.165, 1.54) is 0 Å². The van der Waals surface area contributed by atoms with Crippen molar-refractivity contribution in [3.63, 3.8) is 0 Å². The molecule has 0 aliphatic carbocycles. The third-order valence-corrected chi connectivity index (χ3v) is 3.51. The molecule has 0 radical (unpaired) electrons. The van der Waals surface area contributed by atoms with Crippen LogP contribution in [0, 0.1) is 11.8 Å². The molecule has 94 valence electrons. The summed E-state index contributed by atoms with van der Waals surface area (Å²) in [5.74, 6) is 2.29. The highest BCUT2D eigenvalue weighted by atomic mass is 16.2. The average Bonchev–Trinajstić information content (AvgIpc) is 2.97. The molecule has 1 saturated heterocycles. The molecule has 0 bridgehead atoms. The predicted molar refractivity (Wildman–Crippen MR) is 64.6 cm³/mol.